The molecule has 0 aliphatic carbocycles. The van der Waals surface area contributed by atoms with Gasteiger partial charge >= 0.3 is 0 Å². The van der Waals surface area contributed by atoms with E-state index in [-0.39, 0.29) is 36.8 Å². The normalized spacial score (nSPS) is 15.4. The van der Waals surface area contributed by atoms with Crippen molar-refractivity contribution in [3.05, 3.63) is 69.2 Å². The van der Waals surface area contributed by atoms with Gasteiger partial charge in [-0.1, -0.05) is 61.3 Å². The Hall–Kier alpha value is -1.01. The van der Waals surface area contributed by atoms with Crippen LogP contribution in [0.1, 0.15) is 48.2 Å². The number of amides is 1. The molecule has 1 heterocycles. The maximum absolute atomic E-state index is 12.8. The van der Waals surface area contributed by atoms with Crippen molar-refractivity contribution in [3.63, 3.8) is 0 Å². The molecule has 1 atom stereocenters. The number of carbonyl (C=O) groups excluding carboxylic acids is 1. The fourth-order valence-electron chi connectivity index (χ4n) is 4.33. The molecule has 3 N–H and O–H groups in total. The molecule has 1 amide bonds. The number of piperidine rings is 1. The Bertz CT molecular complexity index is 884. The summed E-state index contributed by atoms with van der Waals surface area (Å²) >= 11 is 12.5. The van der Waals surface area contributed by atoms with Crippen LogP contribution in [0.3, 0.4) is 0 Å². The van der Waals surface area contributed by atoms with Crippen molar-refractivity contribution in [2.45, 2.75) is 45.6 Å². The van der Waals surface area contributed by atoms with E-state index in [1.807, 2.05) is 36.4 Å². The molecule has 1 saturated heterocycles. The van der Waals surface area contributed by atoms with E-state index in [0.717, 1.165) is 56.4 Å². The Morgan fingerprint density at radius 1 is 1.09 bits per heavy atom. The lowest BCUT2D eigenvalue weighted by molar-refractivity contribution is 0.0893. The van der Waals surface area contributed by atoms with Crippen LogP contribution in [0.15, 0.2) is 42.5 Å². The SMILES string of the molecule is CC(C)C(CN1CCC(Cc2cccc(Cl)c2Cl)CC1)NC(=O)c1ccc(CCN)cc1.Cl.Cl. The average Bonchev–Trinajstić information content (AvgIpc) is 2.78. The standard InChI is InChI=1S/C26H35Cl2N3O.2ClH/c1-18(2)24(30-26(32)21-8-6-19(7-9-21)10-13-29)17-31-14-11-20(12-15-31)16-22-4-3-5-23(27)25(22)28;;/h3-9,18,20,24H,10-17,29H2,1-2H3,(H,30,32);2*1H. The molecule has 1 fully saturated rings. The summed E-state index contributed by atoms with van der Waals surface area (Å²) in [6.45, 7) is 7.90. The summed E-state index contributed by atoms with van der Waals surface area (Å²) in [7, 11) is 0. The maximum Gasteiger partial charge on any atom is 0.251 e. The summed E-state index contributed by atoms with van der Waals surface area (Å²) in [5.74, 6) is 0.966. The van der Waals surface area contributed by atoms with Crippen LogP contribution in [0, 0.1) is 11.8 Å². The molecule has 4 nitrogen and oxygen atoms in total. The van der Waals surface area contributed by atoms with E-state index in [4.69, 9.17) is 28.9 Å². The quantitative estimate of drug-likeness (QED) is 0.401. The first-order valence-electron chi connectivity index (χ1n) is 11.6. The van der Waals surface area contributed by atoms with Crippen molar-refractivity contribution < 1.29 is 4.79 Å². The van der Waals surface area contributed by atoms with Crippen molar-refractivity contribution in [1.29, 1.82) is 0 Å². The fourth-order valence-corrected chi connectivity index (χ4v) is 4.73. The zero-order valence-corrected chi connectivity index (χ0v) is 23.1. The highest BCUT2D eigenvalue weighted by molar-refractivity contribution is 6.42. The Balaban J connectivity index is 0.00000289. The molecule has 1 aliphatic rings. The van der Waals surface area contributed by atoms with Gasteiger partial charge in [0, 0.05) is 18.2 Å². The monoisotopic (exact) mass is 547 g/mol. The molecular weight excluding hydrogens is 512 g/mol. The largest absolute Gasteiger partial charge is 0.348 e. The highest BCUT2D eigenvalue weighted by Gasteiger charge is 2.25. The topological polar surface area (TPSA) is 58.4 Å². The number of halogens is 4. The van der Waals surface area contributed by atoms with Gasteiger partial charge in [-0.2, -0.15) is 0 Å². The number of nitrogens with one attached hydrogen (secondary N) is 1. The molecule has 0 saturated carbocycles. The predicted octanol–water partition coefficient (Wildman–Crippen LogP) is 6.05. The van der Waals surface area contributed by atoms with E-state index in [1.165, 1.54) is 0 Å². The van der Waals surface area contributed by atoms with Crippen LogP contribution in [-0.4, -0.2) is 43.0 Å². The lowest BCUT2D eigenvalue weighted by Gasteiger charge is -2.35. The molecule has 1 unspecified atom stereocenters. The van der Waals surface area contributed by atoms with Crippen molar-refractivity contribution in [1.82, 2.24) is 10.2 Å². The van der Waals surface area contributed by atoms with Crippen LogP contribution in [0.4, 0.5) is 0 Å². The number of nitrogens with zero attached hydrogens (tertiary/aromatic N) is 1. The van der Waals surface area contributed by atoms with Gasteiger partial charge in [0.15, 0.2) is 0 Å². The molecule has 2 aromatic carbocycles. The number of nitrogens with two attached hydrogens (primary N) is 1. The third kappa shape index (κ3) is 8.89. The molecule has 8 heteroatoms. The number of likely N-dealkylation sites (tertiary alicyclic amines) is 1. The Kier molecular flexibility index (Phi) is 13.8. The first-order chi connectivity index (χ1) is 15.4. The molecule has 0 spiro atoms. The van der Waals surface area contributed by atoms with Crippen LogP contribution >= 0.6 is 48.0 Å². The van der Waals surface area contributed by atoms with Crippen LogP contribution in [0.2, 0.25) is 10.0 Å². The molecule has 0 aromatic heterocycles. The van der Waals surface area contributed by atoms with E-state index in [9.17, 15) is 4.79 Å². The molecule has 0 radical (unpaired) electrons. The Morgan fingerprint density at radius 3 is 2.32 bits per heavy atom. The second kappa shape index (κ2) is 15.2. The predicted molar refractivity (Wildman–Crippen MR) is 149 cm³/mol. The van der Waals surface area contributed by atoms with Crippen molar-refractivity contribution >= 4 is 53.9 Å². The summed E-state index contributed by atoms with van der Waals surface area (Å²) in [5, 5.41) is 4.58. The Labute approximate surface area is 226 Å². The molecular formula is C26H37Cl4N3O. The smallest absolute Gasteiger partial charge is 0.251 e. The highest BCUT2D eigenvalue weighted by Crippen LogP contribution is 2.30. The van der Waals surface area contributed by atoms with Gasteiger partial charge in [-0.3, -0.25) is 4.79 Å². The third-order valence-electron chi connectivity index (χ3n) is 6.47. The molecule has 0 bridgehead atoms. The number of hydrogen-bond donors (Lipinski definition) is 2. The summed E-state index contributed by atoms with van der Waals surface area (Å²) in [5.41, 5.74) is 8.61. The second-order valence-corrected chi connectivity index (χ2v) is 10.0. The minimum Gasteiger partial charge on any atom is -0.348 e. The molecule has 1 aliphatic heterocycles. The first kappa shape index (κ1) is 31.0. The number of hydrogen-bond acceptors (Lipinski definition) is 3. The zero-order valence-electron chi connectivity index (χ0n) is 19.9. The van der Waals surface area contributed by atoms with Gasteiger partial charge < -0.3 is 16.0 Å². The van der Waals surface area contributed by atoms with Gasteiger partial charge in [-0.15, -0.1) is 24.8 Å². The molecule has 3 rings (SSSR count). The van der Waals surface area contributed by atoms with Gasteiger partial charge in [0.05, 0.1) is 10.0 Å². The molecule has 2 aromatic rings. The molecule has 190 valence electrons. The van der Waals surface area contributed by atoms with E-state index in [1.54, 1.807) is 0 Å². The van der Waals surface area contributed by atoms with Crippen LogP contribution < -0.4 is 11.1 Å². The van der Waals surface area contributed by atoms with Crippen molar-refractivity contribution in [2.75, 3.05) is 26.2 Å². The van der Waals surface area contributed by atoms with E-state index >= 15 is 0 Å². The number of rotatable bonds is 9. The third-order valence-corrected chi connectivity index (χ3v) is 7.33. The fraction of sp³-hybridized carbons (Fsp3) is 0.500. The van der Waals surface area contributed by atoms with Gasteiger partial charge in [-0.25, -0.2) is 0 Å². The molecule has 34 heavy (non-hydrogen) atoms. The minimum absolute atomic E-state index is 0. The van der Waals surface area contributed by atoms with Gasteiger partial charge in [0.25, 0.3) is 5.91 Å². The lowest BCUT2D eigenvalue weighted by Crippen LogP contribution is -2.48. The van der Waals surface area contributed by atoms with E-state index in [2.05, 4.69) is 30.1 Å². The first-order valence-corrected chi connectivity index (χ1v) is 12.4. The van der Waals surface area contributed by atoms with Crippen LogP contribution in [-0.2, 0) is 12.8 Å². The van der Waals surface area contributed by atoms with Gasteiger partial charge in [0.1, 0.15) is 0 Å². The van der Waals surface area contributed by atoms with Crippen LogP contribution in [0.5, 0.6) is 0 Å². The van der Waals surface area contributed by atoms with E-state index in [0.29, 0.717) is 34.0 Å². The van der Waals surface area contributed by atoms with Gasteiger partial charge in [-0.05, 0) is 86.5 Å². The minimum atomic E-state index is -0.00603. The summed E-state index contributed by atoms with van der Waals surface area (Å²) in [4.78, 5) is 15.3. The summed E-state index contributed by atoms with van der Waals surface area (Å²) < 4.78 is 0. The van der Waals surface area contributed by atoms with Crippen molar-refractivity contribution in [2.24, 2.45) is 17.6 Å². The zero-order chi connectivity index (χ0) is 23.1. The van der Waals surface area contributed by atoms with Crippen LogP contribution in [0.25, 0.3) is 0 Å². The summed E-state index contributed by atoms with van der Waals surface area (Å²) in [6.07, 6.45) is 4.06. The number of carbonyl (C=O) groups is 1. The Morgan fingerprint density at radius 2 is 1.74 bits per heavy atom. The average molecular weight is 549 g/mol. The number of benzene rings is 2. The second-order valence-electron chi connectivity index (χ2n) is 9.22. The highest BCUT2D eigenvalue weighted by atomic mass is 35.5. The summed E-state index contributed by atoms with van der Waals surface area (Å²) in [6, 6.07) is 13.8. The van der Waals surface area contributed by atoms with E-state index < -0.39 is 0 Å². The lowest BCUT2D eigenvalue weighted by atomic mass is 9.89. The van der Waals surface area contributed by atoms with Crippen molar-refractivity contribution in [3.8, 4) is 0 Å². The maximum atomic E-state index is 12.8. The van der Waals surface area contributed by atoms with Gasteiger partial charge in [0.2, 0.25) is 0 Å².